The molecule has 0 bridgehead atoms. The highest BCUT2D eigenvalue weighted by molar-refractivity contribution is 5.75. The van der Waals surface area contributed by atoms with Crippen molar-refractivity contribution < 1.29 is 0 Å². The van der Waals surface area contributed by atoms with Crippen molar-refractivity contribution in [3.63, 3.8) is 0 Å². The van der Waals surface area contributed by atoms with Crippen molar-refractivity contribution in [2.24, 2.45) is 0 Å². The largest absolute Gasteiger partial charge is 0.317 e. The van der Waals surface area contributed by atoms with Crippen molar-refractivity contribution in [1.29, 1.82) is 0 Å². The first-order chi connectivity index (χ1) is 14.0. The molecule has 158 valence electrons. The molecule has 5 nitrogen and oxygen atoms in total. The van der Waals surface area contributed by atoms with E-state index in [1.807, 2.05) is 35.8 Å². The second kappa shape index (κ2) is 8.47. The normalized spacial score (nSPS) is 21.7. The fraction of sp³-hybridized carbons (Fsp3) is 0.667. The third-order valence-electron chi connectivity index (χ3n) is 7.42. The van der Waals surface area contributed by atoms with Crippen LogP contribution < -0.4 is 11.1 Å². The molecule has 4 rings (SSSR count). The summed E-state index contributed by atoms with van der Waals surface area (Å²) in [5.41, 5.74) is 1.31. The maximum atomic E-state index is 13.0. The van der Waals surface area contributed by atoms with E-state index < -0.39 is 0 Å². The smallest absolute Gasteiger partial charge is 0.302 e. The number of fused-ring (bicyclic) bond motifs is 1. The number of para-hydroxylation sites is 2. The lowest BCUT2D eigenvalue weighted by atomic mass is 9.82. The van der Waals surface area contributed by atoms with Gasteiger partial charge >= 0.3 is 11.1 Å². The van der Waals surface area contributed by atoms with Crippen LogP contribution in [0.2, 0.25) is 0 Å². The molecule has 5 heteroatoms. The Morgan fingerprint density at radius 1 is 0.897 bits per heavy atom. The molecule has 1 saturated heterocycles. The number of hydrogen-bond acceptors (Lipinski definition) is 3. The van der Waals surface area contributed by atoms with Gasteiger partial charge in [0.25, 0.3) is 0 Å². The lowest BCUT2D eigenvalue weighted by Gasteiger charge is -2.46. The molecule has 29 heavy (non-hydrogen) atoms. The maximum absolute atomic E-state index is 13.0. The Balaban J connectivity index is 1.61. The summed E-state index contributed by atoms with van der Waals surface area (Å²) in [7, 11) is 0. The third-order valence-corrected chi connectivity index (χ3v) is 7.42. The second-order valence-electron chi connectivity index (χ2n) is 9.20. The predicted molar refractivity (Wildman–Crippen MR) is 119 cm³/mol. The van der Waals surface area contributed by atoms with Crippen molar-refractivity contribution in [3.8, 4) is 0 Å². The minimum absolute atomic E-state index is 0.111. The Morgan fingerprint density at radius 3 is 2.10 bits per heavy atom. The van der Waals surface area contributed by atoms with Crippen molar-refractivity contribution in [2.45, 2.75) is 89.8 Å². The van der Waals surface area contributed by atoms with Crippen molar-refractivity contribution in [3.05, 3.63) is 45.0 Å². The van der Waals surface area contributed by atoms with E-state index in [0.717, 1.165) is 37.0 Å². The van der Waals surface area contributed by atoms with Gasteiger partial charge in [-0.3, -0.25) is 19.1 Å². The van der Waals surface area contributed by atoms with Crippen LogP contribution in [-0.4, -0.2) is 32.7 Å². The van der Waals surface area contributed by atoms with Crippen LogP contribution >= 0.6 is 0 Å². The lowest BCUT2D eigenvalue weighted by Crippen LogP contribution is -2.52. The van der Waals surface area contributed by atoms with E-state index >= 15 is 0 Å². The van der Waals surface area contributed by atoms with E-state index in [9.17, 15) is 9.59 Å². The maximum Gasteiger partial charge on any atom is 0.317 e. The van der Waals surface area contributed by atoms with Gasteiger partial charge in [-0.2, -0.15) is 0 Å². The van der Waals surface area contributed by atoms with Gasteiger partial charge in [0.1, 0.15) is 0 Å². The van der Waals surface area contributed by atoms with Gasteiger partial charge in [-0.05, 0) is 51.7 Å². The van der Waals surface area contributed by atoms with E-state index in [1.54, 1.807) is 4.57 Å². The highest BCUT2D eigenvalue weighted by Crippen LogP contribution is 2.35. The predicted octanol–water partition coefficient (Wildman–Crippen LogP) is 4.32. The van der Waals surface area contributed by atoms with Crippen LogP contribution in [0.25, 0.3) is 11.0 Å². The average Bonchev–Trinajstić information content (AvgIpc) is 2.72. The molecule has 2 fully saturated rings. The first kappa shape index (κ1) is 20.4. The average molecular weight is 398 g/mol. The van der Waals surface area contributed by atoms with Crippen LogP contribution in [0.3, 0.4) is 0 Å². The van der Waals surface area contributed by atoms with Gasteiger partial charge in [0.15, 0.2) is 0 Å². The molecule has 2 aliphatic rings. The summed E-state index contributed by atoms with van der Waals surface area (Å²) >= 11 is 0. The van der Waals surface area contributed by atoms with E-state index in [1.165, 1.54) is 44.9 Å². The number of benzene rings is 1. The van der Waals surface area contributed by atoms with E-state index in [-0.39, 0.29) is 17.2 Å². The Kier molecular flexibility index (Phi) is 5.95. The number of likely N-dealkylation sites (tertiary alicyclic amines) is 1. The molecule has 2 heterocycles. The Morgan fingerprint density at radius 2 is 1.48 bits per heavy atom. The summed E-state index contributed by atoms with van der Waals surface area (Å²) < 4.78 is 3.42. The molecule has 0 atom stereocenters. The molecule has 1 saturated carbocycles. The van der Waals surface area contributed by atoms with Gasteiger partial charge in [-0.15, -0.1) is 0 Å². The number of hydrogen-bond donors (Lipinski definition) is 0. The van der Waals surface area contributed by atoms with Crippen LogP contribution in [0.4, 0.5) is 0 Å². The molecule has 1 aliphatic carbocycles. The molecule has 0 unspecified atom stereocenters. The SMILES string of the molecule is CCn1c(=O)c(=O)n(C2CCN(C3(C)CCCCCCC3)CC2)c2ccccc21. The van der Waals surface area contributed by atoms with Crippen LogP contribution in [0.5, 0.6) is 0 Å². The number of aromatic nitrogens is 2. The fourth-order valence-electron chi connectivity index (χ4n) is 5.66. The van der Waals surface area contributed by atoms with Crippen LogP contribution in [0, 0.1) is 0 Å². The Labute approximate surface area is 173 Å². The molecular formula is C24H35N3O2. The number of aryl methyl sites for hydroxylation is 1. The lowest BCUT2D eigenvalue weighted by molar-refractivity contribution is 0.0436. The molecule has 0 spiro atoms. The molecule has 1 aromatic carbocycles. The first-order valence-corrected chi connectivity index (χ1v) is 11.5. The number of nitrogens with zero attached hydrogens (tertiary/aromatic N) is 3. The van der Waals surface area contributed by atoms with Crippen molar-refractivity contribution in [2.75, 3.05) is 13.1 Å². The van der Waals surface area contributed by atoms with Gasteiger partial charge in [-0.25, -0.2) is 0 Å². The Bertz CT molecular complexity index is 958. The van der Waals surface area contributed by atoms with E-state index in [2.05, 4.69) is 11.8 Å². The monoisotopic (exact) mass is 397 g/mol. The highest BCUT2D eigenvalue weighted by Gasteiger charge is 2.35. The quantitative estimate of drug-likeness (QED) is 0.725. The summed E-state index contributed by atoms with van der Waals surface area (Å²) in [4.78, 5) is 28.4. The van der Waals surface area contributed by atoms with Gasteiger partial charge in [0, 0.05) is 31.2 Å². The molecular weight excluding hydrogens is 362 g/mol. The summed E-state index contributed by atoms with van der Waals surface area (Å²) in [6, 6.07) is 7.97. The zero-order valence-corrected chi connectivity index (χ0v) is 18.0. The van der Waals surface area contributed by atoms with E-state index in [4.69, 9.17) is 0 Å². The zero-order chi connectivity index (χ0) is 20.4. The van der Waals surface area contributed by atoms with Crippen LogP contribution in [0.15, 0.2) is 33.9 Å². The van der Waals surface area contributed by atoms with Crippen molar-refractivity contribution >= 4 is 11.0 Å². The third kappa shape index (κ3) is 3.81. The number of piperidine rings is 1. The van der Waals surface area contributed by atoms with Gasteiger partial charge < -0.3 is 4.57 Å². The first-order valence-electron chi connectivity index (χ1n) is 11.5. The van der Waals surface area contributed by atoms with Crippen LogP contribution in [-0.2, 0) is 6.54 Å². The van der Waals surface area contributed by atoms with E-state index in [0.29, 0.717) is 12.1 Å². The van der Waals surface area contributed by atoms with Gasteiger partial charge in [0.05, 0.1) is 11.0 Å². The summed E-state index contributed by atoms with van der Waals surface area (Å²) in [5, 5.41) is 0. The molecule has 1 aromatic heterocycles. The highest BCUT2D eigenvalue weighted by atomic mass is 16.2. The Hall–Kier alpha value is -1.88. The van der Waals surface area contributed by atoms with Crippen molar-refractivity contribution in [1.82, 2.24) is 14.0 Å². The minimum atomic E-state index is -0.388. The van der Waals surface area contributed by atoms with Crippen LogP contribution in [0.1, 0.15) is 77.7 Å². The minimum Gasteiger partial charge on any atom is -0.302 e. The topological polar surface area (TPSA) is 47.2 Å². The fourth-order valence-corrected chi connectivity index (χ4v) is 5.66. The standard InChI is InChI=1S/C24H35N3O2/c1-3-26-20-11-7-8-12-21(20)27(23(29)22(26)28)19-13-17-25(18-14-19)24(2)15-9-5-4-6-10-16-24/h7-8,11-12,19H,3-6,9-10,13-18H2,1-2H3. The van der Waals surface area contributed by atoms with Gasteiger partial charge in [-0.1, -0.05) is 44.2 Å². The molecule has 1 aliphatic heterocycles. The summed E-state index contributed by atoms with van der Waals surface area (Å²) in [6.07, 6.45) is 11.2. The summed E-state index contributed by atoms with van der Waals surface area (Å²) in [6.45, 7) is 6.91. The molecule has 0 N–H and O–H groups in total. The molecule has 0 amide bonds. The molecule has 0 radical (unpaired) electrons. The second-order valence-corrected chi connectivity index (χ2v) is 9.20. The van der Waals surface area contributed by atoms with Gasteiger partial charge in [0.2, 0.25) is 0 Å². The molecule has 2 aromatic rings. The zero-order valence-electron chi connectivity index (χ0n) is 18.0. The number of rotatable bonds is 3. The summed E-state index contributed by atoms with van der Waals surface area (Å²) in [5.74, 6) is 0.